The zero-order valence-electron chi connectivity index (χ0n) is 14.0. The first kappa shape index (κ1) is 17.3. The smallest absolute Gasteiger partial charge is 0.315 e. The fourth-order valence-electron chi connectivity index (χ4n) is 2.25. The van der Waals surface area contributed by atoms with E-state index in [4.69, 9.17) is 4.74 Å². The molecular formula is C17H23N3O2S. The number of ether oxygens (including phenoxy) is 1. The zero-order valence-corrected chi connectivity index (χ0v) is 14.8. The summed E-state index contributed by atoms with van der Waals surface area (Å²) in [6.45, 7) is 6.45. The van der Waals surface area contributed by atoms with Crippen LogP contribution < -0.4 is 15.4 Å². The Kier molecular flexibility index (Phi) is 5.98. The maximum Gasteiger partial charge on any atom is 0.315 e. The Balaban J connectivity index is 1.79. The highest BCUT2D eigenvalue weighted by atomic mass is 32.1. The van der Waals surface area contributed by atoms with Crippen LogP contribution in [0.5, 0.6) is 5.75 Å². The van der Waals surface area contributed by atoms with Crippen LogP contribution in [-0.4, -0.2) is 24.2 Å². The maximum atomic E-state index is 12.0. The number of carbonyl (C=O) groups excluding carboxylic acids is 1. The van der Waals surface area contributed by atoms with Crippen LogP contribution in [0.15, 0.2) is 24.3 Å². The fraction of sp³-hybridized carbons (Fsp3) is 0.412. The number of thiazole rings is 1. The van der Waals surface area contributed by atoms with E-state index in [0.29, 0.717) is 6.54 Å². The van der Waals surface area contributed by atoms with Gasteiger partial charge in [-0.25, -0.2) is 9.78 Å². The van der Waals surface area contributed by atoms with E-state index in [9.17, 15) is 4.79 Å². The third-order valence-electron chi connectivity index (χ3n) is 3.53. The number of methoxy groups -OCH3 is 1. The molecule has 2 amide bonds. The number of amides is 2. The zero-order chi connectivity index (χ0) is 16.8. The molecule has 23 heavy (non-hydrogen) atoms. The van der Waals surface area contributed by atoms with Gasteiger partial charge in [0.15, 0.2) is 0 Å². The SMILES string of the molecule is COc1cccc(C[C@@H](C)NC(=O)NCc2nc(C)c(C)s2)c1. The number of urea groups is 1. The monoisotopic (exact) mass is 333 g/mol. The summed E-state index contributed by atoms with van der Waals surface area (Å²) in [5.74, 6) is 0.827. The molecular weight excluding hydrogens is 310 g/mol. The number of carbonyl (C=O) groups is 1. The van der Waals surface area contributed by atoms with Crippen molar-refractivity contribution < 1.29 is 9.53 Å². The van der Waals surface area contributed by atoms with E-state index in [1.807, 2.05) is 45.0 Å². The second kappa shape index (κ2) is 7.97. The highest BCUT2D eigenvalue weighted by molar-refractivity contribution is 7.11. The second-order valence-electron chi connectivity index (χ2n) is 5.53. The lowest BCUT2D eigenvalue weighted by molar-refractivity contribution is 0.237. The van der Waals surface area contributed by atoms with Crippen molar-refractivity contribution in [3.63, 3.8) is 0 Å². The molecule has 2 rings (SSSR count). The van der Waals surface area contributed by atoms with Gasteiger partial charge in [0, 0.05) is 10.9 Å². The lowest BCUT2D eigenvalue weighted by Gasteiger charge is -2.15. The molecule has 0 saturated carbocycles. The lowest BCUT2D eigenvalue weighted by Crippen LogP contribution is -2.41. The summed E-state index contributed by atoms with van der Waals surface area (Å²) in [7, 11) is 1.65. The first-order chi connectivity index (χ1) is 11.0. The van der Waals surface area contributed by atoms with Crippen molar-refractivity contribution in [1.29, 1.82) is 0 Å². The average Bonchev–Trinajstić information content (AvgIpc) is 2.84. The van der Waals surface area contributed by atoms with Crippen LogP contribution in [0.25, 0.3) is 0 Å². The Labute approximate surface area is 141 Å². The topological polar surface area (TPSA) is 63.2 Å². The van der Waals surface area contributed by atoms with Crippen LogP contribution in [0.3, 0.4) is 0 Å². The van der Waals surface area contributed by atoms with E-state index in [2.05, 4.69) is 15.6 Å². The second-order valence-corrected chi connectivity index (χ2v) is 6.82. The number of nitrogens with one attached hydrogen (secondary N) is 2. The third-order valence-corrected chi connectivity index (χ3v) is 4.60. The molecule has 1 heterocycles. The Morgan fingerprint density at radius 3 is 2.83 bits per heavy atom. The van der Waals surface area contributed by atoms with Gasteiger partial charge in [-0.2, -0.15) is 0 Å². The van der Waals surface area contributed by atoms with E-state index in [-0.39, 0.29) is 12.1 Å². The van der Waals surface area contributed by atoms with Crippen LogP contribution >= 0.6 is 11.3 Å². The molecule has 1 aromatic heterocycles. The molecule has 2 aromatic rings. The third kappa shape index (κ3) is 5.25. The van der Waals surface area contributed by atoms with Gasteiger partial charge in [-0.3, -0.25) is 0 Å². The van der Waals surface area contributed by atoms with Crippen molar-refractivity contribution in [2.45, 2.75) is 39.8 Å². The van der Waals surface area contributed by atoms with Crippen LogP contribution in [-0.2, 0) is 13.0 Å². The molecule has 1 atom stereocenters. The molecule has 2 N–H and O–H groups in total. The molecule has 5 nitrogen and oxygen atoms in total. The predicted octanol–water partition coefficient (Wildman–Crippen LogP) is 3.20. The van der Waals surface area contributed by atoms with Gasteiger partial charge in [0.25, 0.3) is 0 Å². The molecule has 0 unspecified atom stereocenters. The number of hydrogen-bond donors (Lipinski definition) is 2. The van der Waals surface area contributed by atoms with Gasteiger partial charge in [-0.1, -0.05) is 12.1 Å². The summed E-state index contributed by atoms with van der Waals surface area (Å²) in [4.78, 5) is 17.6. The summed E-state index contributed by atoms with van der Waals surface area (Å²) in [6, 6.07) is 7.73. The molecule has 0 bridgehead atoms. The van der Waals surface area contributed by atoms with Crippen molar-refractivity contribution in [3.05, 3.63) is 45.4 Å². The van der Waals surface area contributed by atoms with Gasteiger partial charge in [0.05, 0.1) is 19.3 Å². The molecule has 124 valence electrons. The number of aryl methyl sites for hydroxylation is 2. The Hall–Kier alpha value is -2.08. The van der Waals surface area contributed by atoms with E-state index in [0.717, 1.165) is 28.4 Å². The fourth-order valence-corrected chi connectivity index (χ4v) is 3.12. The molecule has 0 radical (unpaired) electrons. The molecule has 0 aliphatic carbocycles. The minimum absolute atomic E-state index is 0.0295. The van der Waals surface area contributed by atoms with Crippen LogP contribution in [0, 0.1) is 13.8 Å². The Morgan fingerprint density at radius 2 is 2.17 bits per heavy atom. The first-order valence-corrected chi connectivity index (χ1v) is 8.39. The normalized spacial score (nSPS) is 11.8. The minimum Gasteiger partial charge on any atom is -0.497 e. The largest absolute Gasteiger partial charge is 0.497 e. The van der Waals surface area contributed by atoms with Gasteiger partial charge >= 0.3 is 6.03 Å². The van der Waals surface area contributed by atoms with Crippen LogP contribution in [0.1, 0.15) is 28.1 Å². The van der Waals surface area contributed by atoms with Gasteiger partial charge in [-0.15, -0.1) is 11.3 Å². The summed E-state index contributed by atoms with van der Waals surface area (Å²) >= 11 is 1.61. The van der Waals surface area contributed by atoms with Crippen LogP contribution in [0.4, 0.5) is 4.79 Å². The molecule has 0 aliphatic rings. The van der Waals surface area contributed by atoms with Crippen molar-refractivity contribution in [2.24, 2.45) is 0 Å². The number of benzene rings is 1. The van der Waals surface area contributed by atoms with Crippen molar-refractivity contribution in [2.75, 3.05) is 7.11 Å². The predicted molar refractivity (Wildman–Crippen MR) is 93.1 cm³/mol. The Morgan fingerprint density at radius 1 is 1.39 bits per heavy atom. The van der Waals surface area contributed by atoms with E-state index in [1.54, 1.807) is 18.4 Å². The van der Waals surface area contributed by atoms with Gasteiger partial charge in [0.2, 0.25) is 0 Å². The van der Waals surface area contributed by atoms with Gasteiger partial charge in [-0.05, 0) is 44.9 Å². The molecule has 0 spiro atoms. The van der Waals surface area contributed by atoms with Crippen molar-refractivity contribution >= 4 is 17.4 Å². The number of hydrogen-bond acceptors (Lipinski definition) is 4. The number of rotatable bonds is 6. The first-order valence-electron chi connectivity index (χ1n) is 7.58. The lowest BCUT2D eigenvalue weighted by atomic mass is 10.1. The highest BCUT2D eigenvalue weighted by Crippen LogP contribution is 2.16. The number of aromatic nitrogens is 1. The molecule has 0 saturated heterocycles. The number of nitrogens with zero attached hydrogens (tertiary/aromatic N) is 1. The summed E-state index contributed by atoms with van der Waals surface area (Å²) < 4.78 is 5.21. The van der Waals surface area contributed by atoms with Gasteiger partial charge in [0.1, 0.15) is 10.8 Å². The van der Waals surface area contributed by atoms with Gasteiger partial charge < -0.3 is 15.4 Å². The molecule has 0 aliphatic heterocycles. The Bertz CT molecular complexity index is 650. The minimum atomic E-state index is -0.175. The van der Waals surface area contributed by atoms with E-state index < -0.39 is 0 Å². The highest BCUT2D eigenvalue weighted by Gasteiger charge is 2.10. The van der Waals surface area contributed by atoms with Crippen molar-refractivity contribution in [1.82, 2.24) is 15.6 Å². The quantitative estimate of drug-likeness (QED) is 0.853. The summed E-state index contributed by atoms with van der Waals surface area (Å²) in [6.07, 6.45) is 0.750. The standard InChI is InChI=1S/C17H23N3O2S/c1-11(8-14-6-5-7-15(9-14)22-4)19-17(21)18-10-16-20-12(2)13(3)23-16/h5-7,9,11H,8,10H2,1-4H3,(H2,18,19,21)/t11-/m1/s1. The van der Waals surface area contributed by atoms with Crippen molar-refractivity contribution in [3.8, 4) is 5.75 Å². The molecule has 1 aromatic carbocycles. The summed E-state index contributed by atoms with van der Waals surface area (Å²) in [5, 5.41) is 6.72. The van der Waals surface area contributed by atoms with E-state index >= 15 is 0 Å². The van der Waals surface area contributed by atoms with E-state index in [1.165, 1.54) is 4.88 Å². The maximum absolute atomic E-state index is 12.0. The average molecular weight is 333 g/mol. The molecule has 0 fully saturated rings. The summed E-state index contributed by atoms with van der Waals surface area (Å²) in [5.41, 5.74) is 2.15. The molecule has 6 heteroatoms. The van der Waals surface area contributed by atoms with Crippen LogP contribution in [0.2, 0.25) is 0 Å².